The van der Waals surface area contributed by atoms with Crippen molar-refractivity contribution in [1.29, 1.82) is 0 Å². The van der Waals surface area contributed by atoms with Crippen LogP contribution in [-0.4, -0.2) is 0 Å². The van der Waals surface area contributed by atoms with E-state index in [-0.39, 0.29) is 34.1 Å². The number of hydrogen-bond donors (Lipinski definition) is 0. The van der Waals surface area contributed by atoms with Crippen molar-refractivity contribution in [3.8, 4) is 0 Å². The maximum atomic E-state index is 7.50. The summed E-state index contributed by atoms with van der Waals surface area (Å²) in [7, 11) is -0.892. The molecule has 0 bridgehead atoms. The Kier molecular flexibility index (Phi) is 56.5. The normalized spacial score (nSPS) is 7.46. The van der Waals surface area contributed by atoms with Crippen LogP contribution in [0.1, 0.15) is 0 Å². The first-order valence-electron chi connectivity index (χ1n) is 14.4. The topological polar surface area (TPSA) is 159 Å². The molecular weight excluding hydrogens is 828 g/mol. The molecule has 0 aliphatic heterocycles. The smallest absolute Gasteiger partial charge is 0 e. The Labute approximate surface area is 352 Å². The summed E-state index contributed by atoms with van der Waals surface area (Å²) in [6, 6.07) is 64.7. The Morgan fingerprint density at radius 2 is 0.286 bits per heavy atom. The summed E-state index contributed by atoms with van der Waals surface area (Å²) in [6.07, 6.45) is 0. The molecule has 0 saturated carbocycles. The summed E-state index contributed by atoms with van der Waals surface area (Å²) >= 11 is 0. The van der Waals surface area contributed by atoms with E-state index in [1.54, 1.807) is 0 Å². The van der Waals surface area contributed by atoms with Gasteiger partial charge in [-0.25, -0.2) is 0 Å². The molecule has 0 N–H and O–H groups in total. The van der Waals surface area contributed by atoms with Gasteiger partial charge in [0.2, 0.25) is 0 Å². The van der Waals surface area contributed by atoms with Gasteiger partial charge >= 0.3 is 90.4 Å². The average Bonchev–Trinajstić information content (AvgIpc) is 3.32. The first-order chi connectivity index (χ1) is 26.9. The zero-order valence-electron chi connectivity index (χ0n) is 29.2. The van der Waals surface area contributed by atoms with Crippen LogP contribution in [0.5, 0.6) is 0 Å². The third-order valence-corrected chi connectivity index (χ3v) is 11.0. The maximum absolute atomic E-state index is 7.50. The number of rotatable bonds is 6. The van der Waals surface area contributed by atoms with E-state index in [0.29, 0.717) is 0 Å². The summed E-state index contributed by atoms with van der Waals surface area (Å²) in [5.74, 6) is 0. The zero-order chi connectivity index (χ0) is 41.8. The summed E-state index contributed by atoms with van der Waals surface area (Å²) in [4.78, 5) is 0. The molecule has 6 aromatic rings. The quantitative estimate of drug-likeness (QED) is 0.0767. The molecule has 0 spiro atoms. The Hall–Kier alpha value is -4.86. The van der Waals surface area contributed by atoms with Crippen LogP contribution in [0.4, 0.5) is 0 Å². The van der Waals surface area contributed by atoms with Gasteiger partial charge in [-0.2, -0.15) is 0 Å². The van der Waals surface area contributed by atoms with Gasteiger partial charge in [-0.05, 0) is 47.7 Å². The molecule has 6 rings (SSSR count). The minimum atomic E-state index is -0.446. The van der Waals surface area contributed by atoms with Gasteiger partial charge in [-0.1, -0.05) is 182 Å². The standard InChI is InChI=1S/2C18H15P.8CO.2Mn/c2*1-4-10-16(11-5-1)19(17-12-6-2-7-13-17)18-14-8-3-9-15-18;8*1-2;;/h2*1-15H;;;;;;;;;;. The van der Waals surface area contributed by atoms with E-state index in [9.17, 15) is 0 Å². The van der Waals surface area contributed by atoms with Crippen molar-refractivity contribution in [2.45, 2.75) is 0 Å². The average molecular weight is 859 g/mol. The molecule has 0 heterocycles. The van der Waals surface area contributed by atoms with Crippen LogP contribution in [0.2, 0.25) is 0 Å². The summed E-state index contributed by atoms with van der Waals surface area (Å²) < 4.78 is 60.0. The van der Waals surface area contributed by atoms with Gasteiger partial charge in [0, 0.05) is 34.1 Å². The molecule has 0 saturated heterocycles. The van der Waals surface area contributed by atoms with Crippen molar-refractivity contribution in [1.82, 2.24) is 0 Å². The summed E-state index contributed by atoms with van der Waals surface area (Å²) in [5.41, 5.74) is 0. The molecule has 56 heavy (non-hydrogen) atoms. The predicted octanol–water partition coefficient (Wildman–Crippen LogP) is 6.58. The third-order valence-electron chi connectivity index (χ3n) is 6.09. The fraction of sp³-hybridized carbons (Fsp3) is 0. The van der Waals surface area contributed by atoms with Crippen LogP contribution in [0, 0.1) is 53.2 Å². The van der Waals surface area contributed by atoms with Crippen LogP contribution >= 0.6 is 15.8 Å². The number of benzene rings is 6. The van der Waals surface area contributed by atoms with Crippen LogP contribution < -0.4 is 31.8 Å². The SMILES string of the molecule is [C-]#[O+].[C-]#[O+].[C-]#[O+].[C-]#[O+].[C-]#[O+].[C-]#[O+].[C-]#[O+].[C-]#[O+].[Mn].[Mn].c1ccc(P(c2ccccc2)c2ccccc2)cc1.c1ccc(P(c2ccccc2)c2ccccc2)cc1. The van der Waals surface area contributed by atoms with Gasteiger partial charge in [0.15, 0.2) is 0 Å². The van der Waals surface area contributed by atoms with E-state index in [1.165, 1.54) is 31.8 Å². The van der Waals surface area contributed by atoms with Gasteiger partial charge in [0.05, 0.1) is 0 Å². The largest absolute Gasteiger partial charge is 0.0622 e. The molecule has 0 aliphatic carbocycles. The van der Waals surface area contributed by atoms with E-state index >= 15 is 0 Å². The van der Waals surface area contributed by atoms with Crippen LogP contribution in [-0.2, 0) is 71.4 Å². The molecule has 0 aliphatic rings. The molecule has 0 aromatic heterocycles. The van der Waals surface area contributed by atoms with Gasteiger partial charge in [-0.15, -0.1) is 0 Å². The molecule has 0 fully saturated rings. The van der Waals surface area contributed by atoms with E-state index < -0.39 is 15.8 Å². The van der Waals surface area contributed by atoms with Crippen molar-refractivity contribution < 1.29 is 71.4 Å². The molecule has 0 atom stereocenters. The Morgan fingerprint density at radius 1 is 0.196 bits per heavy atom. The van der Waals surface area contributed by atoms with E-state index in [4.69, 9.17) is 37.2 Å². The molecular formula is C44H30Mn2O8P2. The molecule has 8 nitrogen and oxygen atoms in total. The molecule has 278 valence electrons. The monoisotopic (exact) mass is 858 g/mol. The molecule has 12 heteroatoms. The summed E-state index contributed by atoms with van der Waals surface area (Å²) in [5, 5.41) is 8.39. The van der Waals surface area contributed by atoms with Crippen LogP contribution in [0.25, 0.3) is 0 Å². The second-order valence-electron chi connectivity index (χ2n) is 8.68. The molecule has 0 unspecified atom stereocenters. The Bertz CT molecular complexity index is 1510. The minimum Gasteiger partial charge on any atom is -0.0622 e. The Morgan fingerprint density at radius 3 is 0.375 bits per heavy atom. The number of hydrogen-bond acceptors (Lipinski definition) is 0. The summed E-state index contributed by atoms with van der Waals surface area (Å²) in [6.45, 7) is 36.0. The van der Waals surface area contributed by atoms with Crippen LogP contribution in [0.3, 0.4) is 0 Å². The first kappa shape index (κ1) is 63.1. The van der Waals surface area contributed by atoms with Gasteiger partial charge in [0.1, 0.15) is 0 Å². The van der Waals surface area contributed by atoms with Crippen molar-refractivity contribution in [2.24, 2.45) is 0 Å². The van der Waals surface area contributed by atoms with E-state index in [0.717, 1.165) is 0 Å². The first-order valence-corrected chi connectivity index (χ1v) is 17.1. The second kappa shape index (κ2) is 50.1. The molecule has 2 radical (unpaired) electrons. The Balaban J connectivity index is -0.000000160. The zero-order valence-corrected chi connectivity index (χ0v) is 33.4. The van der Waals surface area contributed by atoms with Crippen molar-refractivity contribution in [2.75, 3.05) is 0 Å². The van der Waals surface area contributed by atoms with Gasteiger partial charge in [-0.3, -0.25) is 0 Å². The fourth-order valence-corrected chi connectivity index (χ4v) is 8.97. The second-order valence-corrected chi connectivity index (χ2v) is 13.1. The molecule has 0 amide bonds. The van der Waals surface area contributed by atoms with E-state index in [1.807, 2.05) is 0 Å². The van der Waals surface area contributed by atoms with Crippen LogP contribution in [0.15, 0.2) is 182 Å². The van der Waals surface area contributed by atoms with Crippen molar-refractivity contribution in [3.63, 3.8) is 0 Å². The maximum Gasteiger partial charge on any atom is 0 e. The predicted molar refractivity (Wildman–Crippen MR) is 202 cm³/mol. The van der Waals surface area contributed by atoms with Gasteiger partial charge < -0.3 is 0 Å². The van der Waals surface area contributed by atoms with Crippen molar-refractivity contribution in [3.05, 3.63) is 235 Å². The molecule has 6 aromatic carbocycles. The minimum absolute atomic E-state index is 0. The fourth-order valence-electron chi connectivity index (χ4n) is 4.36. The van der Waals surface area contributed by atoms with E-state index in [2.05, 4.69) is 235 Å². The van der Waals surface area contributed by atoms with Crippen molar-refractivity contribution >= 4 is 47.7 Å². The van der Waals surface area contributed by atoms with Gasteiger partial charge in [0.25, 0.3) is 0 Å². The third kappa shape index (κ3) is 25.3.